The van der Waals surface area contributed by atoms with Gasteiger partial charge < -0.3 is 0 Å². The van der Waals surface area contributed by atoms with Crippen LogP contribution in [0, 0.1) is 17.2 Å². The quantitative estimate of drug-likeness (QED) is 0.838. The molecule has 6 heteroatoms. The molecule has 0 spiro atoms. The van der Waals surface area contributed by atoms with E-state index in [0.717, 1.165) is 12.8 Å². The second-order valence-corrected chi connectivity index (χ2v) is 6.54. The number of carbonyl (C=O) groups is 1. The highest BCUT2D eigenvalue weighted by atomic mass is 32.2. The molecule has 1 atom stereocenters. The van der Waals surface area contributed by atoms with Crippen molar-refractivity contribution in [3.63, 3.8) is 0 Å². The molecule has 1 aromatic rings. The fourth-order valence-electron chi connectivity index (χ4n) is 1.95. The first kappa shape index (κ1) is 17.2. The van der Waals surface area contributed by atoms with Gasteiger partial charge in [0.25, 0.3) is 10.0 Å². The van der Waals surface area contributed by atoms with Gasteiger partial charge in [-0.05, 0) is 37.1 Å². The van der Waals surface area contributed by atoms with Gasteiger partial charge in [-0.2, -0.15) is 5.26 Å². The molecule has 5 nitrogen and oxygen atoms in total. The zero-order chi connectivity index (χ0) is 15.9. The van der Waals surface area contributed by atoms with E-state index in [9.17, 15) is 13.2 Å². The Labute approximate surface area is 126 Å². The van der Waals surface area contributed by atoms with Gasteiger partial charge >= 0.3 is 0 Å². The van der Waals surface area contributed by atoms with Gasteiger partial charge in [0, 0.05) is 5.92 Å². The van der Waals surface area contributed by atoms with Gasteiger partial charge in [-0.1, -0.05) is 26.7 Å². The normalized spacial score (nSPS) is 12.4. The summed E-state index contributed by atoms with van der Waals surface area (Å²) in [4.78, 5) is 12.0. The lowest BCUT2D eigenvalue weighted by molar-refractivity contribution is -0.123. The average Bonchev–Trinajstić information content (AvgIpc) is 2.47. The molecule has 1 N–H and O–H groups in total. The van der Waals surface area contributed by atoms with Gasteiger partial charge in [-0.3, -0.25) is 4.79 Å². The number of sulfonamides is 1. The van der Waals surface area contributed by atoms with E-state index in [4.69, 9.17) is 5.26 Å². The van der Waals surface area contributed by atoms with Crippen molar-refractivity contribution in [3.05, 3.63) is 29.8 Å². The highest BCUT2D eigenvalue weighted by Gasteiger charge is 2.23. The third kappa shape index (κ3) is 4.87. The lowest BCUT2D eigenvalue weighted by atomic mass is 9.99. The number of carbonyl (C=O) groups excluding carboxylic acids is 1. The number of unbranched alkanes of at least 4 members (excludes halogenated alkanes) is 1. The molecule has 1 aromatic carbocycles. The molecule has 0 radical (unpaired) electrons. The molecule has 21 heavy (non-hydrogen) atoms. The molecule has 0 saturated heterocycles. The standard InChI is InChI=1S/C15H20N2O3S/c1-3-5-6-13(4-2)15(18)17-21(19,20)14-9-7-12(11-16)8-10-14/h7-10,13H,3-6H2,1-2H3,(H,17,18)/t13-/m0/s1. The van der Waals surface area contributed by atoms with E-state index in [1.807, 2.05) is 19.9 Å². The number of nitrogens with one attached hydrogen (secondary N) is 1. The van der Waals surface area contributed by atoms with Crippen LogP contribution in [0.4, 0.5) is 0 Å². The monoisotopic (exact) mass is 308 g/mol. The van der Waals surface area contributed by atoms with E-state index in [1.54, 1.807) is 0 Å². The molecule has 0 heterocycles. The van der Waals surface area contributed by atoms with E-state index in [0.29, 0.717) is 18.4 Å². The molecule has 1 rings (SSSR count). The minimum Gasteiger partial charge on any atom is -0.274 e. The SMILES string of the molecule is CCCC[C@H](CC)C(=O)NS(=O)(=O)c1ccc(C#N)cc1. The Morgan fingerprint density at radius 1 is 1.29 bits per heavy atom. The smallest absolute Gasteiger partial charge is 0.264 e. The van der Waals surface area contributed by atoms with Crippen LogP contribution < -0.4 is 4.72 Å². The molecule has 0 unspecified atom stereocenters. The summed E-state index contributed by atoms with van der Waals surface area (Å²) in [5.74, 6) is -0.756. The zero-order valence-corrected chi connectivity index (χ0v) is 13.1. The summed E-state index contributed by atoms with van der Waals surface area (Å²) >= 11 is 0. The molecule has 1 amide bonds. The van der Waals surface area contributed by atoms with Crippen molar-refractivity contribution in [3.8, 4) is 6.07 Å². The van der Waals surface area contributed by atoms with Crippen molar-refractivity contribution in [1.82, 2.24) is 4.72 Å². The number of nitriles is 1. The van der Waals surface area contributed by atoms with Gasteiger partial charge in [0.1, 0.15) is 0 Å². The van der Waals surface area contributed by atoms with Crippen LogP contribution in [-0.4, -0.2) is 14.3 Å². The molecule has 0 bridgehead atoms. The van der Waals surface area contributed by atoms with Crippen molar-refractivity contribution >= 4 is 15.9 Å². The van der Waals surface area contributed by atoms with Crippen LogP contribution in [0.3, 0.4) is 0 Å². The molecule has 114 valence electrons. The summed E-state index contributed by atoms with van der Waals surface area (Å²) in [7, 11) is -3.87. The Balaban J connectivity index is 2.83. The first-order valence-corrected chi connectivity index (χ1v) is 8.49. The minimum atomic E-state index is -3.87. The van der Waals surface area contributed by atoms with Gasteiger partial charge in [-0.15, -0.1) is 0 Å². The Morgan fingerprint density at radius 3 is 2.38 bits per heavy atom. The first-order chi connectivity index (χ1) is 9.94. The minimum absolute atomic E-state index is 0.0137. The van der Waals surface area contributed by atoms with Crippen molar-refractivity contribution in [2.75, 3.05) is 0 Å². The van der Waals surface area contributed by atoms with Crippen LogP contribution in [0.15, 0.2) is 29.2 Å². The van der Waals surface area contributed by atoms with E-state index < -0.39 is 15.9 Å². The van der Waals surface area contributed by atoms with Gasteiger partial charge in [-0.25, -0.2) is 13.1 Å². The molecule has 0 aromatic heterocycles. The topological polar surface area (TPSA) is 87.0 Å². The third-order valence-corrected chi connectivity index (χ3v) is 4.66. The molecule has 0 saturated carbocycles. The first-order valence-electron chi connectivity index (χ1n) is 7.01. The number of benzene rings is 1. The molecule has 0 fully saturated rings. The number of nitrogens with zero attached hydrogens (tertiary/aromatic N) is 1. The van der Waals surface area contributed by atoms with Crippen LogP contribution >= 0.6 is 0 Å². The Bertz CT molecular complexity index is 615. The van der Waals surface area contributed by atoms with Crippen molar-refractivity contribution in [2.45, 2.75) is 44.4 Å². The third-order valence-electron chi connectivity index (χ3n) is 3.30. The van der Waals surface area contributed by atoms with Crippen molar-refractivity contribution in [1.29, 1.82) is 5.26 Å². The van der Waals surface area contributed by atoms with Crippen LogP contribution in [0.5, 0.6) is 0 Å². The largest absolute Gasteiger partial charge is 0.274 e. The van der Waals surface area contributed by atoms with Crippen molar-refractivity contribution in [2.24, 2.45) is 5.92 Å². The molecule has 0 aliphatic rings. The molecular formula is C15H20N2O3S. The van der Waals surface area contributed by atoms with Crippen LogP contribution in [0.1, 0.15) is 45.1 Å². The van der Waals surface area contributed by atoms with E-state index in [1.165, 1.54) is 24.3 Å². The summed E-state index contributed by atoms with van der Waals surface area (Å²) < 4.78 is 26.4. The molecule has 0 aliphatic heterocycles. The molecular weight excluding hydrogens is 288 g/mol. The highest BCUT2D eigenvalue weighted by Crippen LogP contribution is 2.15. The fraction of sp³-hybridized carbons (Fsp3) is 0.467. The van der Waals surface area contributed by atoms with E-state index >= 15 is 0 Å². The number of amides is 1. The van der Waals surface area contributed by atoms with Crippen molar-refractivity contribution < 1.29 is 13.2 Å². The van der Waals surface area contributed by atoms with Gasteiger partial charge in [0.05, 0.1) is 16.5 Å². The maximum absolute atomic E-state index is 12.1. The predicted octanol–water partition coefficient (Wildman–Crippen LogP) is 2.58. The lowest BCUT2D eigenvalue weighted by Gasteiger charge is -2.14. The van der Waals surface area contributed by atoms with Gasteiger partial charge in [0.15, 0.2) is 0 Å². The number of rotatable bonds is 7. The average molecular weight is 308 g/mol. The summed E-state index contributed by atoms with van der Waals surface area (Å²) in [6, 6.07) is 7.38. The fourth-order valence-corrected chi connectivity index (χ4v) is 3.00. The maximum atomic E-state index is 12.1. The summed E-state index contributed by atoms with van der Waals surface area (Å²) in [6.07, 6.45) is 3.14. The lowest BCUT2D eigenvalue weighted by Crippen LogP contribution is -2.35. The van der Waals surface area contributed by atoms with Crippen LogP contribution in [0.2, 0.25) is 0 Å². The number of hydrogen-bond donors (Lipinski definition) is 1. The van der Waals surface area contributed by atoms with Crippen LogP contribution in [-0.2, 0) is 14.8 Å². The Hall–Kier alpha value is -1.87. The van der Waals surface area contributed by atoms with E-state index in [-0.39, 0.29) is 10.8 Å². The number of hydrogen-bond acceptors (Lipinski definition) is 4. The Morgan fingerprint density at radius 2 is 1.90 bits per heavy atom. The van der Waals surface area contributed by atoms with Gasteiger partial charge in [0.2, 0.25) is 5.91 Å². The van der Waals surface area contributed by atoms with E-state index in [2.05, 4.69) is 4.72 Å². The summed E-state index contributed by atoms with van der Waals surface area (Å²) in [6.45, 7) is 3.90. The van der Waals surface area contributed by atoms with Crippen LogP contribution in [0.25, 0.3) is 0 Å². The Kier molecular flexibility index (Phi) is 6.38. The maximum Gasteiger partial charge on any atom is 0.264 e. The predicted molar refractivity (Wildman–Crippen MR) is 79.8 cm³/mol. The summed E-state index contributed by atoms with van der Waals surface area (Å²) in [5, 5.41) is 8.69. The highest BCUT2D eigenvalue weighted by molar-refractivity contribution is 7.90. The summed E-state index contributed by atoms with van der Waals surface area (Å²) in [5.41, 5.74) is 0.370. The second-order valence-electron chi connectivity index (χ2n) is 4.85. The zero-order valence-electron chi connectivity index (χ0n) is 12.3. The second kappa shape index (κ2) is 7.79. The molecule has 0 aliphatic carbocycles.